The fraction of sp³-hybridized carbons (Fsp3) is 0.611. The molecule has 2 nitrogen and oxygen atoms in total. The fourth-order valence-corrected chi connectivity index (χ4v) is 2.01. The minimum Gasteiger partial charge on any atom is -0.505 e. The molecule has 0 fully saturated rings. The molecule has 0 amide bonds. The lowest BCUT2D eigenvalue weighted by molar-refractivity contribution is 0.446. The highest BCUT2D eigenvalue weighted by Crippen LogP contribution is 2.41. The van der Waals surface area contributed by atoms with E-state index in [4.69, 9.17) is 0 Å². The molecule has 0 unspecified atom stereocenters. The number of rotatable bonds is 3. The first kappa shape index (κ1) is 16.7. The summed E-state index contributed by atoms with van der Waals surface area (Å²) in [6.45, 7) is 15.0. The van der Waals surface area contributed by atoms with Gasteiger partial charge < -0.3 is 5.11 Å². The van der Waals surface area contributed by atoms with Gasteiger partial charge in [0.15, 0.2) is 0 Å². The maximum Gasteiger partial charge on any atom is 0.144 e. The summed E-state index contributed by atoms with van der Waals surface area (Å²) in [6.07, 6.45) is 3.90. The van der Waals surface area contributed by atoms with Gasteiger partial charge in [0, 0.05) is 11.8 Å². The van der Waals surface area contributed by atoms with Gasteiger partial charge in [0.05, 0.1) is 0 Å². The first-order chi connectivity index (χ1) is 9.07. The van der Waals surface area contributed by atoms with E-state index in [9.17, 15) is 5.11 Å². The Bertz CT molecular complexity index is 487. The van der Waals surface area contributed by atoms with E-state index in [1.165, 1.54) is 5.56 Å². The van der Waals surface area contributed by atoms with Crippen molar-refractivity contribution >= 4 is 11.9 Å². The highest BCUT2D eigenvalue weighted by molar-refractivity contribution is 5.69. The molecule has 1 aromatic carbocycles. The van der Waals surface area contributed by atoms with Crippen LogP contribution >= 0.6 is 0 Å². The summed E-state index contributed by atoms with van der Waals surface area (Å²) in [5, 5.41) is 10.5. The van der Waals surface area contributed by atoms with Crippen LogP contribution in [-0.4, -0.2) is 11.3 Å². The molecule has 2 heteroatoms. The third-order valence-electron chi connectivity index (χ3n) is 3.41. The van der Waals surface area contributed by atoms with Crippen LogP contribution in [0.4, 0.5) is 5.69 Å². The minimum absolute atomic E-state index is 0.0444. The lowest BCUT2D eigenvalue weighted by Gasteiger charge is -2.26. The molecule has 112 valence electrons. The van der Waals surface area contributed by atoms with Gasteiger partial charge in [-0.1, -0.05) is 61.0 Å². The topological polar surface area (TPSA) is 32.6 Å². The van der Waals surface area contributed by atoms with Crippen LogP contribution in [0.1, 0.15) is 72.4 Å². The first-order valence-electron chi connectivity index (χ1n) is 7.48. The van der Waals surface area contributed by atoms with Crippen LogP contribution in [0.5, 0.6) is 5.75 Å². The van der Waals surface area contributed by atoms with E-state index >= 15 is 0 Å². The van der Waals surface area contributed by atoms with E-state index in [0.29, 0.717) is 11.4 Å². The molecule has 0 aliphatic heterocycles. The van der Waals surface area contributed by atoms with Gasteiger partial charge in [-0.25, -0.2) is 0 Å². The van der Waals surface area contributed by atoms with Crippen LogP contribution in [0.3, 0.4) is 0 Å². The van der Waals surface area contributed by atoms with Crippen molar-refractivity contribution in [3.63, 3.8) is 0 Å². The number of phenols is 1. The second kappa shape index (κ2) is 5.99. The molecular formula is C18H29NO. The molecule has 0 aliphatic rings. The van der Waals surface area contributed by atoms with E-state index in [-0.39, 0.29) is 10.8 Å². The Morgan fingerprint density at radius 2 is 1.65 bits per heavy atom. The van der Waals surface area contributed by atoms with Crippen LogP contribution in [0, 0.1) is 0 Å². The number of phenolic OH excluding ortho intramolecular Hbond substituents is 1. The third kappa shape index (κ3) is 4.09. The van der Waals surface area contributed by atoms with Crippen LogP contribution in [0.2, 0.25) is 0 Å². The maximum atomic E-state index is 10.5. The quantitative estimate of drug-likeness (QED) is 0.727. The zero-order chi connectivity index (χ0) is 15.6. The van der Waals surface area contributed by atoms with E-state index in [2.05, 4.69) is 59.5 Å². The van der Waals surface area contributed by atoms with Gasteiger partial charge in [-0.3, -0.25) is 4.99 Å². The number of hydrogen-bond acceptors (Lipinski definition) is 2. The number of hydrogen-bond donors (Lipinski definition) is 1. The zero-order valence-corrected chi connectivity index (χ0v) is 14.0. The molecule has 20 heavy (non-hydrogen) atoms. The number of unbranched alkanes of at least 4 members (excludes halogenated alkanes) is 1. The Morgan fingerprint density at radius 3 is 2.10 bits per heavy atom. The molecule has 0 bridgehead atoms. The predicted octanol–water partition coefficient (Wildman–Crippen LogP) is 5.49. The largest absolute Gasteiger partial charge is 0.505 e. The molecule has 1 aromatic rings. The normalized spacial score (nSPS) is 13.2. The van der Waals surface area contributed by atoms with Gasteiger partial charge in [0.25, 0.3) is 0 Å². The maximum absolute atomic E-state index is 10.5. The van der Waals surface area contributed by atoms with Gasteiger partial charge in [0.1, 0.15) is 11.4 Å². The number of benzene rings is 1. The van der Waals surface area contributed by atoms with Crippen molar-refractivity contribution < 1.29 is 5.11 Å². The molecule has 0 heterocycles. The van der Waals surface area contributed by atoms with Crippen molar-refractivity contribution in [1.29, 1.82) is 0 Å². The molecule has 0 saturated carbocycles. The van der Waals surface area contributed by atoms with Crippen LogP contribution in [-0.2, 0) is 10.8 Å². The predicted molar refractivity (Wildman–Crippen MR) is 88.6 cm³/mol. The minimum atomic E-state index is -0.0969. The summed E-state index contributed by atoms with van der Waals surface area (Å²) in [5.74, 6) is 0.317. The SMILES string of the molecule is CCCC=Nc1cc(C(C)(C)C)cc(C(C)(C)C)c1O. The van der Waals surface area contributed by atoms with Crippen molar-refractivity contribution in [2.24, 2.45) is 4.99 Å². The standard InChI is InChI=1S/C18H29NO/c1-8-9-10-19-15-12-13(17(2,3)4)11-14(16(15)20)18(5,6)7/h10-12,20H,8-9H2,1-7H3. The summed E-state index contributed by atoms with van der Waals surface area (Å²) in [7, 11) is 0. The average molecular weight is 275 g/mol. The lowest BCUT2D eigenvalue weighted by Crippen LogP contribution is -2.16. The molecule has 0 aliphatic carbocycles. The van der Waals surface area contributed by atoms with Gasteiger partial charge >= 0.3 is 0 Å². The Morgan fingerprint density at radius 1 is 1.05 bits per heavy atom. The molecule has 1 N–H and O–H groups in total. The van der Waals surface area contributed by atoms with E-state index in [1.54, 1.807) is 0 Å². The number of aromatic hydroxyl groups is 1. The van der Waals surface area contributed by atoms with Crippen molar-refractivity contribution in [2.45, 2.75) is 72.1 Å². The van der Waals surface area contributed by atoms with Crippen molar-refractivity contribution in [2.75, 3.05) is 0 Å². The summed E-state index contributed by atoms with van der Waals surface area (Å²) < 4.78 is 0. The summed E-state index contributed by atoms with van der Waals surface area (Å²) >= 11 is 0. The summed E-state index contributed by atoms with van der Waals surface area (Å²) in [6, 6.07) is 4.13. The van der Waals surface area contributed by atoms with E-state index in [1.807, 2.05) is 12.3 Å². The van der Waals surface area contributed by atoms with Gasteiger partial charge in [0.2, 0.25) is 0 Å². The molecule has 0 spiro atoms. The third-order valence-corrected chi connectivity index (χ3v) is 3.41. The second-order valence-corrected chi connectivity index (χ2v) is 7.49. The highest BCUT2D eigenvalue weighted by atomic mass is 16.3. The molecule has 0 radical (unpaired) electrons. The van der Waals surface area contributed by atoms with E-state index < -0.39 is 0 Å². The van der Waals surface area contributed by atoms with Gasteiger partial charge in [-0.2, -0.15) is 0 Å². The highest BCUT2D eigenvalue weighted by Gasteiger charge is 2.24. The Labute approximate surface area is 124 Å². The molecule has 0 saturated heterocycles. The van der Waals surface area contributed by atoms with Gasteiger partial charge in [-0.05, 0) is 28.9 Å². The smallest absolute Gasteiger partial charge is 0.144 e. The van der Waals surface area contributed by atoms with Crippen LogP contribution < -0.4 is 0 Å². The zero-order valence-electron chi connectivity index (χ0n) is 14.0. The van der Waals surface area contributed by atoms with Crippen LogP contribution in [0.15, 0.2) is 17.1 Å². The van der Waals surface area contributed by atoms with Gasteiger partial charge in [-0.15, -0.1) is 0 Å². The van der Waals surface area contributed by atoms with Crippen molar-refractivity contribution in [3.05, 3.63) is 23.3 Å². The van der Waals surface area contributed by atoms with Crippen LogP contribution in [0.25, 0.3) is 0 Å². The van der Waals surface area contributed by atoms with Crippen molar-refractivity contribution in [1.82, 2.24) is 0 Å². The number of aliphatic imine (C=N–C) groups is 1. The monoisotopic (exact) mass is 275 g/mol. The molecule has 1 rings (SSSR count). The summed E-state index contributed by atoms with van der Waals surface area (Å²) in [4.78, 5) is 4.47. The van der Waals surface area contributed by atoms with E-state index in [0.717, 1.165) is 18.4 Å². The summed E-state index contributed by atoms with van der Waals surface area (Å²) in [5.41, 5.74) is 2.82. The Hall–Kier alpha value is -1.31. The molecule has 0 atom stereocenters. The molecule has 0 aromatic heterocycles. The lowest BCUT2D eigenvalue weighted by atomic mass is 9.80. The fourth-order valence-electron chi connectivity index (χ4n) is 2.01. The Kier molecular flexibility index (Phi) is 5.01. The second-order valence-electron chi connectivity index (χ2n) is 7.49. The molecular weight excluding hydrogens is 246 g/mol. The first-order valence-corrected chi connectivity index (χ1v) is 7.48. The number of nitrogens with zero attached hydrogens (tertiary/aromatic N) is 1. The average Bonchev–Trinajstić information content (AvgIpc) is 2.28. The van der Waals surface area contributed by atoms with Crippen molar-refractivity contribution in [3.8, 4) is 5.75 Å². The Balaban J connectivity index is 3.43.